The molecule has 1 heteroatoms. The van der Waals surface area contributed by atoms with Crippen molar-refractivity contribution in [3.05, 3.63) is 35.9 Å². The van der Waals surface area contributed by atoms with Crippen LogP contribution in [-0.2, 0) is 25.9 Å². The predicted molar refractivity (Wildman–Crippen MR) is 45.0 cm³/mol. The van der Waals surface area contributed by atoms with E-state index < -0.39 is 0 Å². The van der Waals surface area contributed by atoms with Crippen LogP contribution in [0.1, 0.15) is 19.4 Å². The molecule has 0 nitrogen and oxygen atoms in total. The van der Waals surface area contributed by atoms with Gasteiger partial charge in [0.1, 0.15) is 0 Å². The van der Waals surface area contributed by atoms with Crippen molar-refractivity contribution in [2.45, 2.75) is 20.3 Å². The second-order valence-electron chi connectivity index (χ2n) is 3.08. The van der Waals surface area contributed by atoms with Crippen molar-refractivity contribution in [3.8, 4) is 0 Å². The Morgan fingerprint density at radius 3 is 2.09 bits per heavy atom. The minimum atomic E-state index is 0. The van der Waals surface area contributed by atoms with E-state index in [2.05, 4.69) is 44.2 Å². The van der Waals surface area contributed by atoms with Gasteiger partial charge in [-0.1, -0.05) is 44.2 Å². The van der Waals surface area contributed by atoms with Crippen molar-refractivity contribution in [3.63, 3.8) is 0 Å². The Balaban J connectivity index is 0.000001000. The molecule has 0 atom stereocenters. The molecule has 0 unspecified atom stereocenters. The van der Waals surface area contributed by atoms with Gasteiger partial charge in [0.25, 0.3) is 0 Å². The Bertz CT molecular complexity index is 179. The summed E-state index contributed by atoms with van der Waals surface area (Å²) < 4.78 is 0. The monoisotopic (exact) mass is 236 g/mol. The van der Waals surface area contributed by atoms with Gasteiger partial charge in [-0.15, -0.1) is 0 Å². The van der Waals surface area contributed by atoms with Gasteiger partial charge in [0.2, 0.25) is 0 Å². The SMILES string of the molecule is CC(C)Cc1ccccc1.[Ru]. The minimum absolute atomic E-state index is 0. The van der Waals surface area contributed by atoms with Gasteiger partial charge in [0.05, 0.1) is 0 Å². The fourth-order valence-electron chi connectivity index (χ4n) is 1.09. The Kier molecular flexibility index (Phi) is 5.41. The maximum absolute atomic E-state index is 2.24. The molecule has 0 aliphatic rings. The zero-order valence-electron chi connectivity index (χ0n) is 7.02. The normalized spacial score (nSPS) is 9.36. The van der Waals surface area contributed by atoms with Crippen molar-refractivity contribution >= 4 is 0 Å². The number of rotatable bonds is 2. The summed E-state index contributed by atoms with van der Waals surface area (Å²) in [6.07, 6.45) is 1.20. The Morgan fingerprint density at radius 2 is 1.64 bits per heavy atom. The van der Waals surface area contributed by atoms with Crippen LogP contribution in [0.4, 0.5) is 0 Å². The minimum Gasteiger partial charge on any atom is -0.0625 e. The van der Waals surface area contributed by atoms with E-state index in [1.165, 1.54) is 12.0 Å². The maximum Gasteiger partial charge on any atom is 0 e. The van der Waals surface area contributed by atoms with Gasteiger partial charge in [-0.25, -0.2) is 0 Å². The molecule has 0 fully saturated rings. The van der Waals surface area contributed by atoms with Crippen molar-refractivity contribution < 1.29 is 19.5 Å². The van der Waals surface area contributed by atoms with E-state index in [0.29, 0.717) is 0 Å². The van der Waals surface area contributed by atoms with Gasteiger partial charge in [0.15, 0.2) is 0 Å². The van der Waals surface area contributed by atoms with Crippen LogP contribution in [0.3, 0.4) is 0 Å². The maximum atomic E-state index is 2.24. The fraction of sp³-hybridized carbons (Fsp3) is 0.400. The van der Waals surface area contributed by atoms with Crippen molar-refractivity contribution in [1.29, 1.82) is 0 Å². The molecule has 1 rings (SSSR count). The van der Waals surface area contributed by atoms with Gasteiger partial charge in [-0.3, -0.25) is 0 Å². The van der Waals surface area contributed by atoms with E-state index >= 15 is 0 Å². The summed E-state index contributed by atoms with van der Waals surface area (Å²) in [6, 6.07) is 10.6. The molecule has 11 heavy (non-hydrogen) atoms. The molecule has 0 aliphatic carbocycles. The Morgan fingerprint density at radius 1 is 1.09 bits per heavy atom. The standard InChI is InChI=1S/C10H14.Ru/c1-9(2)8-10-6-4-3-5-7-10;/h3-7,9H,8H2,1-2H3;. The molecule has 1 aromatic carbocycles. The first-order valence-corrected chi connectivity index (χ1v) is 3.83. The summed E-state index contributed by atoms with van der Waals surface area (Å²) in [5.74, 6) is 0.766. The van der Waals surface area contributed by atoms with Gasteiger partial charge in [-0.05, 0) is 17.9 Å². The first-order valence-electron chi connectivity index (χ1n) is 3.83. The second kappa shape index (κ2) is 5.49. The summed E-state index contributed by atoms with van der Waals surface area (Å²) in [6.45, 7) is 4.49. The van der Waals surface area contributed by atoms with Crippen LogP contribution in [0.15, 0.2) is 30.3 Å². The first-order chi connectivity index (χ1) is 4.79. The third kappa shape index (κ3) is 4.32. The van der Waals surface area contributed by atoms with Crippen LogP contribution in [0.2, 0.25) is 0 Å². The van der Waals surface area contributed by atoms with Crippen LogP contribution >= 0.6 is 0 Å². The van der Waals surface area contributed by atoms with E-state index in [1.54, 1.807) is 0 Å². The molecule has 0 aromatic heterocycles. The molecule has 0 spiro atoms. The average molecular weight is 235 g/mol. The Labute approximate surface area is 81.8 Å². The first kappa shape index (κ1) is 10.8. The van der Waals surface area contributed by atoms with Gasteiger partial charge < -0.3 is 0 Å². The third-order valence-corrected chi connectivity index (χ3v) is 1.49. The molecule has 0 saturated heterocycles. The topological polar surface area (TPSA) is 0 Å². The van der Waals surface area contributed by atoms with Crippen LogP contribution < -0.4 is 0 Å². The average Bonchev–Trinajstić information content (AvgIpc) is 1.88. The predicted octanol–water partition coefficient (Wildman–Crippen LogP) is 2.88. The molecular weight excluding hydrogens is 221 g/mol. The van der Waals surface area contributed by atoms with E-state index in [4.69, 9.17) is 0 Å². The number of hydrogen-bond donors (Lipinski definition) is 0. The molecule has 0 saturated carbocycles. The zero-order chi connectivity index (χ0) is 7.40. The van der Waals surface area contributed by atoms with E-state index in [0.717, 1.165) is 5.92 Å². The summed E-state index contributed by atoms with van der Waals surface area (Å²) in [4.78, 5) is 0. The molecule has 0 aliphatic heterocycles. The molecule has 0 N–H and O–H groups in total. The molecule has 0 radical (unpaired) electrons. The summed E-state index contributed by atoms with van der Waals surface area (Å²) in [5, 5.41) is 0. The smallest absolute Gasteiger partial charge is 0 e. The van der Waals surface area contributed by atoms with Crippen molar-refractivity contribution in [2.24, 2.45) is 5.92 Å². The second-order valence-corrected chi connectivity index (χ2v) is 3.08. The molecule has 0 amide bonds. The number of benzene rings is 1. The molecule has 0 bridgehead atoms. The number of hydrogen-bond acceptors (Lipinski definition) is 0. The van der Waals surface area contributed by atoms with E-state index in [-0.39, 0.29) is 19.5 Å². The van der Waals surface area contributed by atoms with Crippen molar-refractivity contribution in [1.82, 2.24) is 0 Å². The fourth-order valence-corrected chi connectivity index (χ4v) is 1.09. The van der Waals surface area contributed by atoms with Crippen LogP contribution in [-0.4, -0.2) is 0 Å². The van der Waals surface area contributed by atoms with Crippen LogP contribution in [0, 0.1) is 5.92 Å². The molecule has 0 heterocycles. The van der Waals surface area contributed by atoms with Crippen molar-refractivity contribution in [2.75, 3.05) is 0 Å². The van der Waals surface area contributed by atoms with Gasteiger partial charge in [0, 0.05) is 19.5 Å². The zero-order valence-corrected chi connectivity index (χ0v) is 8.76. The summed E-state index contributed by atoms with van der Waals surface area (Å²) in [5.41, 5.74) is 1.44. The van der Waals surface area contributed by atoms with Crippen LogP contribution in [0.25, 0.3) is 0 Å². The largest absolute Gasteiger partial charge is 0.0625 e. The van der Waals surface area contributed by atoms with Gasteiger partial charge in [-0.2, -0.15) is 0 Å². The van der Waals surface area contributed by atoms with E-state index in [1.807, 2.05) is 0 Å². The summed E-state index contributed by atoms with van der Waals surface area (Å²) in [7, 11) is 0. The summed E-state index contributed by atoms with van der Waals surface area (Å²) >= 11 is 0. The molecule has 62 valence electrons. The van der Waals surface area contributed by atoms with E-state index in [9.17, 15) is 0 Å². The Hall–Kier alpha value is -0.157. The quantitative estimate of drug-likeness (QED) is 0.691. The third-order valence-electron chi connectivity index (χ3n) is 1.49. The van der Waals surface area contributed by atoms with Crippen LogP contribution in [0.5, 0.6) is 0 Å². The van der Waals surface area contributed by atoms with Gasteiger partial charge >= 0.3 is 0 Å². The molecular formula is C10H14Ru. The molecule has 1 aromatic rings.